The Hall–Kier alpha value is -0.724. The minimum absolute atomic E-state index is 0. The molecule has 0 atom stereocenters. The molecule has 0 fully saturated rings. The van der Waals surface area contributed by atoms with Crippen molar-refractivity contribution in [1.82, 2.24) is 0 Å². The first-order valence-corrected chi connectivity index (χ1v) is 4.86. The topological polar surface area (TPSA) is 77.4 Å². The zero-order valence-electron chi connectivity index (χ0n) is 10.4. The SMILES string of the molecule is C/C=C/C=C/C(=O)[O-].O=C(O)c1ccccc1.[K+]. The standard InChI is InChI=1S/C7H6O2.C6H8O2.K/c8-7(9)6-4-2-1-3-5-6;1-2-3-4-5-6(7)8;/h1-5H,(H,8,9);2-5H,1H3,(H,7,8);/q;;+1/p-1/b;3-2+,5-4+;. The molecule has 1 aromatic rings. The van der Waals surface area contributed by atoms with Crippen molar-refractivity contribution in [3.8, 4) is 0 Å². The van der Waals surface area contributed by atoms with Crippen LogP contribution in [-0.4, -0.2) is 17.0 Å². The number of carbonyl (C=O) groups excluding carboxylic acids is 1. The Balaban J connectivity index is 0. The molecule has 18 heavy (non-hydrogen) atoms. The number of aliphatic carboxylic acids is 1. The first-order chi connectivity index (χ1) is 8.07. The molecule has 0 amide bonds. The van der Waals surface area contributed by atoms with E-state index in [0.29, 0.717) is 5.56 Å². The first-order valence-electron chi connectivity index (χ1n) is 4.86. The molecule has 90 valence electrons. The molecule has 0 unspecified atom stereocenters. The molecule has 0 radical (unpaired) electrons. The van der Waals surface area contributed by atoms with Crippen LogP contribution in [0.4, 0.5) is 0 Å². The van der Waals surface area contributed by atoms with E-state index >= 15 is 0 Å². The smallest absolute Gasteiger partial charge is 0.545 e. The fourth-order valence-corrected chi connectivity index (χ4v) is 0.826. The van der Waals surface area contributed by atoms with E-state index in [4.69, 9.17) is 5.11 Å². The summed E-state index contributed by atoms with van der Waals surface area (Å²) in [4.78, 5) is 19.8. The number of aromatic carboxylic acids is 1. The van der Waals surface area contributed by atoms with Crippen LogP contribution in [0.2, 0.25) is 0 Å². The van der Waals surface area contributed by atoms with Gasteiger partial charge in [0, 0.05) is 0 Å². The zero-order valence-corrected chi connectivity index (χ0v) is 13.5. The summed E-state index contributed by atoms with van der Waals surface area (Å²) in [7, 11) is 0. The molecule has 4 nitrogen and oxygen atoms in total. The second-order valence-corrected chi connectivity index (χ2v) is 2.88. The maximum absolute atomic E-state index is 10.2. The summed E-state index contributed by atoms with van der Waals surface area (Å²) in [6.45, 7) is 1.81. The van der Waals surface area contributed by atoms with Crippen molar-refractivity contribution in [2.45, 2.75) is 6.92 Å². The summed E-state index contributed by atoms with van der Waals surface area (Å²) in [6.07, 6.45) is 5.74. The minimum Gasteiger partial charge on any atom is -0.545 e. The fourth-order valence-electron chi connectivity index (χ4n) is 0.826. The summed E-state index contributed by atoms with van der Waals surface area (Å²) >= 11 is 0. The van der Waals surface area contributed by atoms with Gasteiger partial charge in [0.15, 0.2) is 0 Å². The van der Waals surface area contributed by atoms with Crippen molar-refractivity contribution in [2.24, 2.45) is 0 Å². The van der Waals surface area contributed by atoms with E-state index in [-0.39, 0.29) is 51.4 Å². The Morgan fingerprint density at radius 3 is 2.06 bits per heavy atom. The predicted molar refractivity (Wildman–Crippen MR) is 62.4 cm³/mol. The number of hydrogen-bond acceptors (Lipinski definition) is 3. The predicted octanol–water partition coefficient (Wildman–Crippen LogP) is -1.74. The normalized spacial score (nSPS) is 9.39. The van der Waals surface area contributed by atoms with Gasteiger partial charge in [0.1, 0.15) is 0 Å². The largest absolute Gasteiger partial charge is 1.00 e. The average Bonchev–Trinajstić information content (AvgIpc) is 2.31. The Kier molecular flexibility index (Phi) is 13.9. The van der Waals surface area contributed by atoms with Crippen molar-refractivity contribution < 1.29 is 71.2 Å². The van der Waals surface area contributed by atoms with E-state index in [1.165, 1.54) is 6.08 Å². The minimum atomic E-state index is -1.16. The van der Waals surface area contributed by atoms with Crippen LogP contribution in [0.25, 0.3) is 0 Å². The molecular formula is C13H13KO4. The molecule has 0 saturated heterocycles. The van der Waals surface area contributed by atoms with Gasteiger partial charge in [-0.05, 0) is 25.1 Å². The first kappa shape index (κ1) is 19.6. The number of rotatable bonds is 3. The molecule has 1 aromatic carbocycles. The Bertz CT molecular complexity index is 410. The molecule has 5 heteroatoms. The Labute approximate surface area is 148 Å². The molecule has 1 N–H and O–H groups in total. The zero-order chi connectivity index (χ0) is 13.1. The quantitative estimate of drug-likeness (QED) is 0.402. The van der Waals surface area contributed by atoms with Crippen LogP contribution in [0.15, 0.2) is 54.6 Å². The summed E-state index contributed by atoms with van der Waals surface area (Å²) in [6, 6.07) is 8.30. The number of carboxylic acid groups (broad SMARTS) is 2. The van der Waals surface area contributed by atoms with Crippen molar-refractivity contribution >= 4 is 11.9 Å². The third-order valence-corrected chi connectivity index (χ3v) is 1.56. The van der Waals surface area contributed by atoms with Crippen molar-refractivity contribution in [2.75, 3.05) is 0 Å². The van der Waals surface area contributed by atoms with Gasteiger partial charge in [0.05, 0.1) is 11.5 Å². The number of carboxylic acids is 2. The molecule has 0 saturated carbocycles. The van der Waals surface area contributed by atoms with Gasteiger partial charge in [-0.25, -0.2) is 4.79 Å². The average molecular weight is 272 g/mol. The molecule has 1 rings (SSSR count). The molecule has 0 heterocycles. The van der Waals surface area contributed by atoms with Crippen LogP contribution >= 0.6 is 0 Å². The maximum atomic E-state index is 10.2. The molecule has 0 spiro atoms. The second-order valence-electron chi connectivity index (χ2n) is 2.88. The van der Waals surface area contributed by atoms with Crippen LogP contribution in [0.5, 0.6) is 0 Å². The van der Waals surface area contributed by atoms with E-state index in [2.05, 4.69) is 0 Å². The van der Waals surface area contributed by atoms with E-state index in [9.17, 15) is 14.7 Å². The fraction of sp³-hybridized carbons (Fsp3) is 0.0769. The molecule has 0 aliphatic carbocycles. The number of carbonyl (C=O) groups is 2. The maximum Gasteiger partial charge on any atom is 1.00 e. The molecule has 0 aliphatic rings. The van der Waals surface area contributed by atoms with E-state index < -0.39 is 11.9 Å². The molecular weight excluding hydrogens is 259 g/mol. The molecule has 0 aliphatic heterocycles. The number of benzene rings is 1. The van der Waals surface area contributed by atoms with Crippen LogP contribution in [0.1, 0.15) is 17.3 Å². The van der Waals surface area contributed by atoms with Crippen LogP contribution in [-0.2, 0) is 4.79 Å². The third-order valence-electron chi connectivity index (χ3n) is 1.56. The third kappa shape index (κ3) is 11.8. The summed E-state index contributed by atoms with van der Waals surface area (Å²) in [5, 5.41) is 18.0. The van der Waals surface area contributed by atoms with Gasteiger partial charge in [0.2, 0.25) is 0 Å². The number of allylic oxidation sites excluding steroid dienone is 3. The van der Waals surface area contributed by atoms with Gasteiger partial charge >= 0.3 is 57.4 Å². The van der Waals surface area contributed by atoms with Gasteiger partial charge in [-0.2, -0.15) is 0 Å². The Morgan fingerprint density at radius 1 is 1.17 bits per heavy atom. The van der Waals surface area contributed by atoms with Gasteiger partial charge in [-0.1, -0.05) is 36.4 Å². The van der Waals surface area contributed by atoms with Crippen LogP contribution < -0.4 is 56.5 Å². The summed E-state index contributed by atoms with van der Waals surface area (Å²) in [5.41, 5.74) is 0.331. The van der Waals surface area contributed by atoms with Crippen molar-refractivity contribution in [3.63, 3.8) is 0 Å². The van der Waals surface area contributed by atoms with Gasteiger partial charge in [-0.15, -0.1) is 0 Å². The second kappa shape index (κ2) is 12.7. The van der Waals surface area contributed by atoms with Gasteiger partial charge in [-0.3, -0.25) is 0 Å². The van der Waals surface area contributed by atoms with Crippen LogP contribution in [0.3, 0.4) is 0 Å². The molecule has 0 aromatic heterocycles. The van der Waals surface area contributed by atoms with Gasteiger partial charge in [0.25, 0.3) is 0 Å². The summed E-state index contributed by atoms with van der Waals surface area (Å²) in [5.74, 6) is -2.04. The molecule has 0 bridgehead atoms. The number of hydrogen-bond donors (Lipinski definition) is 1. The van der Waals surface area contributed by atoms with E-state index in [1.54, 1.807) is 49.4 Å². The van der Waals surface area contributed by atoms with Gasteiger partial charge < -0.3 is 15.0 Å². The van der Waals surface area contributed by atoms with Crippen molar-refractivity contribution in [3.05, 3.63) is 60.2 Å². The van der Waals surface area contributed by atoms with E-state index in [0.717, 1.165) is 6.08 Å². The van der Waals surface area contributed by atoms with E-state index in [1.807, 2.05) is 0 Å². The van der Waals surface area contributed by atoms with Crippen LogP contribution in [0, 0.1) is 0 Å². The monoisotopic (exact) mass is 272 g/mol. The summed E-state index contributed by atoms with van der Waals surface area (Å²) < 4.78 is 0. The van der Waals surface area contributed by atoms with Crippen molar-refractivity contribution in [1.29, 1.82) is 0 Å². The Morgan fingerprint density at radius 2 is 1.72 bits per heavy atom.